The molecule has 0 aliphatic carbocycles. The summed E-state index contributed by atoms with van der Waals surface area (Å²) < 4.78 is 0. The summed E-state index contributed by atoms with van der Waals surface area (Å²) in [5, 5.41) is 11.6. The zero-order valence-electron chi connectivity index (χ0n) is 11.3. The topological polar surface area (TPSA) is 78.9 Å². The summed E-state index contributed by atoms with van der Waals surface area (Å²) >= 11 is 0. The molecule has 0 unspecified atom stereocenters. The first kappa shape index (κ1) is 14.3. The molecule has 0 atom stereocenters. The number of benzene rings is 2. The summed E-state index contributed by atoms with van der Waals surface area (Å²) in [6, 6.07) is 15.8. The molecule has 0 saturated heterocycles. The maximum atomic E-state index is 12.2. The molecule has 2 aromatic rings. The molecule has 0 aliphatic rings. The number of nitrogens with zero attached hydrogens (tertiary/aromatic N) is 1. The molecule has 0 fully saturated rings. The summed E-state index contributed by atoms with van der Waals surface area (Å²) in [5.41, 5.74) is 7.64. The van der Waals surface area contributed by atoms with Gasteiger partial charge in [0.25, 0.3) is 5.91 Å². The van der Waals surface area contributed by atoms with Crippen LogP contribution < -0.4 is 11.1 Å². The van der Waals surface area contributed by atoms with Crippen LogP contribution in [0.5, 0.6) is 0 Å². The monoisotopic (exact) mass is 275 g/mol. The van der Waals surface area contributed by atoms with Gasteiger partial charge in [-0.3, -0.25) is 4.79 Å². The highest BCUT2D eigenvalue weighted by molar-refractivity contribution is 6.04. The predicted octanol–water partition coefficient (Wildman–Crippen LogP) is 2.12. The molecule has 0 spiro atoms. The third kappa shape index (κ3) is 3.94. The first-order valence-electron chi connectivity index (χ1n) is 6.33. The van der Waals surface area contributed by atoms with Gasteiger partial charge in [0.05, 0.1) is 18.2 Å². The van der Waals surface area contributed by atoms with E-state index in [-0.39, 0.29) is 12.5 Å². The van der Waals surface area contributed by atoms with Crippen molar-refractivity contribution in [2.24, 2.45) is 5.73 Å². The molecule has 0 aliphatic heterocycles. The van der Waals surface area contributed by atoms with Gasteiger partial charge in [-0.05, 0) is 36.4 Å². The molecule has 3 N–H and O–H groups in total. The Hall–Kier alpha value is -3.08. The normalized spacial score (nSPS) is 9.14. The molecule has 0 radical (unpaired) electrons. The van der Waals surface area contributed by atoms with Crippen molar-refractivity contribution in [1.82, 2.24) is 0 Å². The number of amides is 1. The van der Waals surface area contributed by atoms with E-state index in [0.29, 0.717) is 16.8 Å². The average Bonchev–Trinajstić information content (AvgIpc) is 2.53. The number of hydrogen-bond donors (Lipinski definition) is 2. The van der Waals surface area contributed by atoms with Gasteiger partial charge in [-0.2, -0.15) is 5.26 Å². The largest absolute Gasteiger partial charge is 0.322 e. The third-order valence-electron chi connectivity index (χ3n) is 2.71. The number of rotatable bonds is 2. The number of hydrogen-bond acceptors (Lipinski definition) is 3. The van der Waals surface area contributed by atoms with Gasteiger partial charge in [0.1, 0.15) is 0 Å². The molecule has 4 heteroatoms. The second-order valence-electron chi connectivity index (χ2n) is 4.23. The Labute approximate surface area is 123 Å². The van der Waals surface area contributed by atoms with Crippen molar-refractivity contribution in [2.45, 2.75) is 0 Å². The van der Waals surface area contributed by atoms with Crippen LogP contribution in [0.4, 0.5) is 5.69 Å². The minimum atomic E-state index is -0.249. The predicted molar refractivity (Wildman–Crippen MR) is 81.5 cm³/mol. The fourth-order valence-corrected chi connectivity index (χ4v) is 1.76. The van der Waals surface area contributed by atoms with Crippen LogP contribution >= 0.6 is 0 Å². The molecule has 0 heterocycles. The van der Waals surface area contributed by atoms with Crippen LogP contribution in [0.1, 0.15) is 21.5 Å². The number of anilines is 1. The smallest absolute Gasteiger partial charge is 0.255 e. The van der Waals surface area contributed by atoms with Gasteiger partial charge < -0.3 is 11.1 Å². The van der Waals surface area contributed by atoms with Gasteiger partial charge in [-0.25, -0.2) is 0 Å². The molecule has 0 bridgehead atoms. The van der Waals surface area contributed by atoms with E-state index in [4.69, 9.17) is 11.0 Å². The summed E-state index contributed by atoms with van der Waals surface area (Å²) in [6.45, 7) is 0.275. The zero-order chi connectivity index (χ0) is 15.1. The Morgan fingerprint density at radius 2 is 1.90 bits per heavy atom. The van der Waals surface area contributed by atoms with E-state index >= 15 is 0 Å². The summed E-state index contributed by atoms with van der Waals surface area (Å²) in [5.74, 6) is 5.38. The molecular formula is C17H13N3O. The molecule has 1 amide bonds. The van der Waals surface area contributed by atoms with Crippen LogP contribution in [-0.4, -0.2) is 12.5 Å². The van der Waals surface area contributed by atoms with Crippen molar-refractivity contribution in [2.75, 3.05) is 11.9 Å². The highest BCUT2D eigenvalue weighted by Gasteiger charge is 2.06. The summed E-state index contributed by atoms with van der Waals surface area (Å²) in [6.07, 6.45) is 0. The van der Waals surface area contributed by atoms with Crippen molar-refractivity contribution in [1.29, 1.82) is 5.26 Å². The number of nitrogens with two attached hydrogens (primary N) is 1. The van der Waals surface area contributed by atoms with Crippen LogP contribution in [-0.2, 0) is 0 Å². The molecule has 2 rings (SSSR count). The molecule has 21 heavy (non-hydrogen) atoms. The Morgan fingerprint density at radius 1 is 1.14 bits per heavy atom. The second-order valence-corrected chi connectivity index (χ2v) is 4.23. The lowest BCUT2D eigenvalue weighted by molar-refractivity contribution is 0.102. The third-order valence-corrected chi connectivity index (χ3v) is 2.71. The standard InChI is InChI=1S/C17H13N3O/c18-9-3-6-13-4-1-7-15(10-13)17(21)20-16-8-2-5-14(11-16)12-19/h1-2,4-5,7-8,10-11H,9,18H2,(H,20,21). The number of carbonyl (C=O) groups is 1. The van der Waals surface area contributed by atoms with Crippen molar-refractivity contribution in [3.8, 4) is 17.9 Å². The molecule has 0 saturated carbocycles. The fraction of sp³-hybridized carbons (Fsp3) is 0.0588. The van der Waals surface area contributed by atoms with Gasteiger partial charge in [0.15, 0.2) is 0 Å². The lowest BCUT2D eigenvalue weighted by Gasteiger charge is -2.05. The van der Waals surface area contributed by atoms with E-state index in [1.807, 2.05) is 12.1 Å². The van der Waals surface area contributed by atoms with Crippen molar-refractivity contribution in [3.63, 3.8) is 0 Å². The Bertz CT molecular complexity index is 763. The molecule has 4 nitrogen and oxygen atoms in total. The van der Waals surface area contributed by atoms with E-state index in [1.54, 1.807) is 42.5 Å². The van der Waals surface area contributed by atoms with E-state index < -0.39 is 0 Å². The lowest BCUT2D eigenvalue weighted by Crippen LogP contribution is -2.12. The van der Waals surface area contributed by atoms with Crippen molar-refractivity contribution in [3.05, 3.63) is 65.2 Å². The minimum Gasteiger partial charge on any atom is -0.322 e. The van der Waals surface area contributed by atoms with Gasteiger partial charge in [-0.15, -0.1) is 0 Å². The van der Waals surface area contributed by atoms with Crippen LogP contribution in [0.25, 0.3) is 0 Å². The Balaban J connectivity index is 2.18. The molecule has 2 aromatic carbocycles. The SMILES string of the molecule is N#Cc1cccc(NC(=O)c2cccc(C#CCN)c2)c1. The number of nitriles is 1. The van der Waals surface area contributed by atoms with E-state index in [2.05, 4.69) is 17.2 Å². The highest BCUT2D eigenvalue weighted by atomic mass is 16.1. The average molecular weight is 275 g/mol. The molecule has 0 aromatic heterocycles. The maximum absolute atomic E-state index is 12.2. The van der Waals surface area contributed by atoms with Crippen LogP contribution in [0.2, 0.25) is 0 Å². The Morgan fingerprint density at radius 3 is 2.67 bits per heavy atom. The van der Waals surface area contributed by atoms with Crippen molar-refractivity contribution < 1.29 is 4.79 Å². The van der Waals surface area contributed by atoms with Crippen molar-refractivity contribution >= 4 is 11.6 Å². The second kappa shape index (κ2) is 6.91. The summed E-state index contributed by atoms with van der Waals surface area (Å²) in [7, 11) is 0. The maximum Gasteiger partial charge on any atom is 0.255 e. The van der Waals surface area contributed by atoms with E-state index in [1.165, 1.54) is 0 Å². The lowest BCUT2D eigenvalue weighted by atomic mass is 10.1. The van der Waals surface area contributed by atoms with E-state index in [0.717, 1.165) is 5.56 Å². The number of nitrogens with one attached hydrogen (secondary N) is 1. The van der Waals surface area contributed by atoms with Gasteiger partial charge >= 0.3 is 0 Å². The van der Waals surface area contributed by atoms with E-state index in [9.17, 15) is 4.79 Å². The zero-order valence-corrected chi connectivity index (χ0v) is 11.3. The first-order chi connectivity index (χ1) is 10.2. The Kier molecular flexibility index (Phi) is 4.71. The minimum absolute atomic E-state index is 0.249. The van der Waals surface area contributed by atoms with Crippen LogP contribution in [0.3, 0.4) is 0 Å². The molecule has 102 valence electrons. The molecular weight excluding hydrogens is 262 g/mol. The van der Waals surface area contributed by atoms with Gasteiger partial charge in [0.2, 0.25) is 0 Å². The highest BCUT2D eigenvalue weighted by Crippen LogP contribution is 2.12. The van der Waals surface area contributed by atoms with Gasteiger partial charge in [0, 0.05) is 16.8 Å². The fourth-order valence-electron chi connectivity index (χ4n) is 1.76. The van der Waals surface area contributed by atoms with Gasteiger partial charge in [-0.1, -0.05) is 24.0 Å². The van der Waals surface area contributed by atoms with Crippen LogP contribution in [0, 0.1) is 23.2 Å². The number of carbonyl (C=O) groups excluding carboxylic acids is 1. The first-order valence-corrected chi connectivity index (χ1v) is 6.33. The summed E-state index contributed by atoms with van der Waals surface area (Å²) in [4.78, 5) is 12.2. The quantitative estimate of drug-likeness (QED) is 0.824. The van der Waals surface area contributed by atoms with Crippen LogP contribution in [0.15, 0.2) is 48.5 Å².